The number of hydrogen-bond acceptors (Lipinski definition) is 5. The molecule has 0 saturated heterocycles. The summed E-state index contributed by atoms with van der Waals surface area (Å²) in [6.45, 7) is -0.0711. The molecule has 5 nitrogen and oxygen atoms in total. The van der Waals surface area contributed by atoms with Crippen LogP contribution < -0.4 is 10.5 Å². The maximum Gasteiger partial charge on any atom is 0.244 e. The first kappa shape index (κ1) is 11.9. The quantitative estimate of drug-likeness (QED) is 0.855. The van der Waals surface area contributed by atoms with E-state index >= 15 is 0 Å². The molecule has 0 fully saturated rings. The van der Waals surface area contributed by atoms with E-state index in [2.05, 4.69) is 4.98 Å². The van der Waals surface area contributed by atoms with Gasteiger partial charge in [0, 0.05) is 6.20 Å². The topological polar surface area (TPSA) is 92.2 Å². The van der Waals surface area contributed by atoms with Crippen molar-refractivity contribution >= 4 is 5.69 Å². The molecule has 2 aromatic rings. The Hall–Kier alpha value is -2.58. The molecule has 1 aromatic heterocycles. The van der Waals surface area contributed by atoms with E-state index in [4.69, 9.17) is 20.8 Å². The molecule has 90 valence electrons. The molecule has 0 aliphatic carbocycles. The fourth-order valence-corrected chi connectivity index (χ4v) is 1.45. The molecule has 0 aliphatic heterocycles. The second-order valence-corrected chi connectivity index (χ2v) is 3.60. The molecule has 0 unspecified atom stereocenters. The monoisotopic (exact) mass is 241 g/mol. The number of nitrogens with two attached hydrogens (primary N) is 1. The molecule has 0 amide bonds. The van der Waals surface area contributed by atoms with Gasteiger partial charge in [0.25, 0.3) is 0 Å². The average molecular weight is 241 g/mol. The minimum atomic E-state index is -0.0711. The third-order valence-electron chi connectivity index (χ3n) is 2.37. The van der Waals surface area contributed by atoms with Crippen molar-refractivity contribution in [2.24, 2.45) is 0 Å². The number of rotatable bonds is 3. The van der Waals surface area contributed by atoms with Crippen molar-refractivity contribution in [2.45, 2.75) is 6.61 Å². The summed E-state index contributed by atoms with van der Waals surface area (Å²) < 4.78 is 5.50. The Balaban J connectivity index is 2.31. The Kier molecular flexibility index (Phi) is 3.41. The molecule has 5 heteroatoms. The van der Waals surface area contributed by atoms with Crippen molar-refractivity contribution in [1.29, 1.82) is 5.26 Å². The zero-order valence-electron chi connectivity index (χ0n) is 9.50. The van der Waals surface area contributed by atoms with Crippen LogP contribution in [0.5, 0.6) is 11.6 Å². The Morgan fingerprint density at radius 3 is 2.94 bits per heavy atom. The molecule has 1 heterocycles. The highest BCUT2D eigenvalue weighted by Crippen LogP contribution is 2.27. The standard InChI is InChI=1S/C13H11N3O2/c14-7-10-4-5-16-13(12(10)15)18-11-3-1-2-9(6-11)8-17/h1-6,17H,8,15H2. The van der Waals surface area contributed by atoms with E-state index in [9.17, 15) is 0 Å². The summed E-state index contributed by atoms with van der Waals surface area (Å²) in [7, 11) is 0. The Morgan fingerprint density at radius 1 is 1.39 bits per heavy atom. The molecular formula is C13H11N3O2. The van der Waals surface area contributed by atoms with Gasteiger partial charge in [0.2, 0.25) is 5.88 Å². The van der Waals surface area contributed by atoms with Crippen molar-refractivity contribution in [1.82, 2.24) is 4.98 Å². The van der Waals surface area contributed by atoms with Gasteiger partial charge in [-0.25, -0.2) is 4.98 Å². The van der Waals surface area contributed by atoms with Crippen molar-refractivity contribution in [3.63, 3.8) is 0 Å². The minimum Gasteiger partial charge on any atom is -0.437 e. The zero-order chi connectivity index (χ0) is 13.0. The number of aliphatic hydroxyl groups excluding tert-OH is 1. The van der Waals surface area contributed by atoms with Gasteiger partial charge < -0.3 is 15.6 Å². The number of aliphatic hydroxyl groups is 1. The second-order valence-electron chi connectivity index (χ2n) is 3.60. The summed E-state index contributed by atoms with van der Waals surface area (Å²) in [6.07, 6.45) is 1.46. The van der Waals surface area contributed by atoms with Gasteiger partial charge in [0.05, 0.1) is 12.2 Å². The number of pyridine rings is 1. The molecule has 18 heavy (non-hydrogen) atoms. The number of nitriles is 1. The molecular weight excluding hydrogens is 230 g/mol. The van der Waals surface area contributed by atoms with Crippen LogP contribution in [0.4, 0.5) is 5.69 Å². The van der Waals surface area contributed by atoms with Crippen molar-refractivity contribution in [2.75, 3.05) is 5.73 Å². The van der Waals surface area contributed by atoms with Crippen LogP contribution >= 0.6 is 0 Å². The molecule has 0 saturated carbocycles. The normalized spacial score (nSPS) is 9.78. The summed E-state index contributed by atoms with van der Waals surface area (Å²) in [6, 6.07) is 10.4. The lowest BCUT2D eigenvalue weighted by atomic mass is 10.2. The van der Waals surface area contributed by atoms with E-state index in [1.807, 2.05) is 6.07 Å². The molecule has 0 atom stereocenters. The summed E-state index contributed by atoms with van der Waals surface area (Å²) in [5, 5.41) is 17.9. The smallest absolute Gasteiger partial charge is 0.244 e. The molecule has 1 aromatic carbocycles. The summed E-state index contributed by atoms with van der Waals surface area (Å²) >= 11 is 0. The van der Waals surface area contributed by atoms with Crippen LogP contribution in [0.15, 0.2) is 36.5 Å². The first-order valence-corrected chi connectivity index (χ1v) is 5.27. The van der Waals surface area contributed by atoms with Crippen LogP contribution in [0.1, 0.15) is 11.1 Å². The average Bonchev–Trinajstić information content (AvgIpc) is 2.41. The van der Waals surface area contributed by atoms with Crippen LogP contribution in [-0.4, -0.2) is 10.1 Å². The SMILES string of the molecule is N#Cc1ccnc(Oc2cccc(CO)c2)c1N. The van der Waals surface area contributed by atoms with Crippen LogP contribution in [0.3, 0.4) is 0 Å². The molecule has 3 N–H and O–H groups in total. The molecule has 0 aliphatic rings. The third kappa shape index (κ3) is 2.39. The lowest BCUT2D eigenvalue weighted by Crippen LogP contribution is -1.98. The molecule has 0 radical (unpaired) electrons. The fourth-order valence-electron chi connectivity index (χ4n) is 1.45. The zero-order valence-corrected chi connectivity index (χ0v) is 9.50. The summed E-state index contributed by atoms with van der Waals surface area (Å²) in [4.78, 5) is 3.98. The number of hydrogen-bond donors (Lipinski definition) is 2. The van der Waals surface area contributed by atoms with E-state index in [0.29, 0.717) is 11.3 Å². The number of aromatic nitrogens is 1. The van der Waals surface area contributed by atoms with Gasteiger partial charge in [-0.15, -0.1) is 0 Å². The largest absolute Gasteiger partial charge is 0.437 e. The van der Waals surface area contributed by atoms with Crippen LogP contribution in [0, 0.1) is 11.3 Å². The second kappa shape index (κ2) is 5.17. The predicted octanol–water partition coefficient (Wildman–Crippen LogP) is 1.82. The highest BCUT2D eigenvalue weighted by Gasteiger charge is 2.08. The van der Waals surface area contributed by atoms with E-state index < -0.39 is 0 Å². The summed E-state index contributed by atoms with van der Waals surface area (Å²) in [5.41, 5.74) is 7.00. The van der Waals surface area contributed by atoms with E-state index in [1.54, 1.807) is 24.3 Å². The maximum absolute atomic E-state index is 9.03. The van der Waals surface area contributed by atoms with E-state index in [0.717, 1.165) is 5.56 Å². The first-order valence-electron chi connectivity index (χ1n) is 5.27. The fraction of sp³-hybridized carbons (Fsp3) is 0.0769. The van der Waals surface area contributed by atoms with Crippen LogP contribution in [0.25, 0.3) is 0 Å². The lowest BCUT2D eigenvalue weighted by Gasteiger charge is -2.08. The Morgan fingerprint density at radius 2 is 2.22 bits per heavy atom. The Bertz CT molecular complexity index is 605. The predicted molar refractivity (Wildman–Crippen MR) is 65.8 cm³/mol. The number of benzene rings is 1. The van der Waals surface area contributed by atoms with Crippen molar-refractivity contribution < 1.29 is 9.84 Å². The van der Waals surface area contributed by atoms with Crippen LogP contribution in [0.2, 0.25) is 0 Å². The van der Waals surface area contributed by atoms with Gasteiger partial charge in [-0.1, -0.05) is 12.1 Å². The lowest BCUT2D eigenvalue weighted by molar-refractivity contribution is 0.281. The molecule has 0 bridgehead atoms. The minimum absolute atomic E-state index is 0.0711. The van der Waals surface area contributed by atoms with Crippen molar-refractivity contribution in [3.8, 4) is 17.7 Å². The number of nitrogen functional groups attached to an aromatic ring is 1. The molecule has 0 spiro atoms. The van der Waals surface area contributed by atoms with E-state index in [1.165, 1.54) is 12.3 Å². The van der Waals surface area contributed by atoms with Gasteiger partial charge in [0.15, 0.2) is 0 Å². The van der Waals surface area contributed by atoms with Gasteiger partial charge in [-0.2, -0.15) is 5.26 Å². The number of nitrogens with zero attached hydrogens (tertiary/aromatic N) is 2. The Labute approximate surface area is 104 Å². The number of ether oxygens (including phenoxy) is 1. The summed E-state index contributed by atoms with van der Waals surface area (Å²) in [5.74, 6) is 0.694. The highest BCUT2D eigenvalue weighted by atomic mass is 16.5. The van der Waals surface area contributed by atoms with Gasteiger partial charge in [0.1, 0.15) is 17.5 Å². The maximum atomic E-state index is 9.03. The van der Waals surface area contributed by atoms with Gasteiger partial charge in [-0.3, -0.25) is 0 Å². The first-order chi connectivity index (χ1) is 8.74. The third-order valence-corrected chi connectivity index (χ3v) is 2.37. The van der Waals surface area contributed by atoms with Crippen molar-refractivity contribution in [3.05, 3.63) is 47.7 Å². The number of anilines is 1. The van der Waals surface area contributed by atoms with Gasteiger partial charge >= 0.3 is 0 Å². The van der Waals surface area contributed by atoms with Crippen LogP contribution in [-0.2, 0) is 6.61 Å². The van der Waals surface area contributed by atoms with Gasteiger partial charge in [-0.05, 0) is 23.8 Å². The highest BCUT2D eigenvalue weighted by molar-refractivity contribution is 5.60. The van der Waals surface area contributed by atoms with E-state index in [-0.39, 0.29) is 18.2 Å². The molecule has 2 rings (SSSR count).